The van der Waals surface area contributed by atoms with Crippen molar-refractivity contribution in [3.63, 3.8) is 0 Å². The molecule has 132 valence electrons. The molecule has 1 unspecified atom stereocenters. The van der Waals surface area contributed by atoms with E-state index in [2.05, 4.69) is 23.7 Å². The molecule has 0 amide bonds. The lowest BCUT2D eigenvalue weighted by molar-refractivity contribution is -0.146. The van der Waals surface area contributed by atoms with E-state index in [4.69, 9.17) is 9.47 Å². The number of ether oxygens (including phenoxy) is 2. The maximum absolute atomic E-state index is 12.1. The van der Waals surface area contributed by atoms with Gasteiger partial charge < -0.3 is 9.47 Å². The number of fused-ring (bicyclic) bond motifs is 1. The van der Waals surface area contributed by atoms with Gasteiger partial charge in [0.05, 0.1) is 6.04 Å². The lowest BCUT2D eigenvalue weighted by Gasteiger charge is -2.43. The van der Waals surface area contributed by atoms with Crippen molar-refractivity contribution in [1.82, 2.24) is 4.90 Å². The number of para-hydroxylation sites is 1. The topological polar surface area (TPSA) is 38.8 Å². The molecule has 5 rings (SSSR count). The Hall–Kier alpha value is -2.51. The molecule has 0 radical (unpaired) electrons. The van der Waals surface area contributed by atoms with Gasteiger partial charge in [-0.05, 0) is 38.4 Å². The molecule has 0 aromatic heterocycles. The Labute approximate surface area is 153 Å². The third-order valence-electron chi connectivity index (χ3n) is 6.06. The zero-order valence-corrected chi connectivity index (χ0v) is 14.8. The van der Waals surface area contributed by atoms with Crippen LogP contribution in [0.3, 0.4) is 0 Å². The standard InChI is InChI=1S/C22H21NO3/c1-15-21-17(10-7-13-25-16-8-3-2-4-9-16)18-14-20(24)26-22(18,21)19-11-5-6-12-23(15)19/h2-4,8-9,14-15,19H,5-6,11-13H2,1H3/t15-,19?,22-/m0/s1. The summed E-state index contributed by atoms with van der Waals surface area (Å²) >= 11 is 0. The molecule has 3 atom stereocenters. The van der Waals surface area contributed by atoms with Gasteiger partial charge >= 0.3 is 5.97 Å². The van der Waals surface area contributed by atoms with E-state index in [1.165, 1.54) is 18.4 Å². The van der Waals surface area contributed by atoms with Gasteiger partial charge in [0.25, 0.3) is 0 Å². The van der Waals surface area contributed by atoms with E-state index in [1.807, 2.05) is 30.3 Å². The number of esters is 1. The van der Waals surface area contributed by atoms with E-state index >= 15 is 0 Å². The summed E-state index contributed by atoms with van der Waals surface area (Å²) in [7, 11) is 0. The van der Waals surface area contributed by atoms with Crippen LogP contribution in [0.4, 0.5) is 0 Å². The molecule has 3 heterocycles. The second-order valence-electron chi connectivity index (χ2n) is 7.33. The summed E-state index contributed by atoms with van der Waals surface area (Å²) in [6.45, 7) is 3.62. The molecule has 2 saturated heterocycles. The molecule has 2 fully saturated rings. The smallest absolute Gasteiger partial charge is 0.332 e. The van der Waals surface area contributed by atoms with E-state index in [1.54, 1.807) is 6.08 Å². The fraction of sp³-hybridized carbons (Fsp3) is 0.409. The van der Waals surface area contributed by atoms with Gasteiger partial charge in [-0.15, -0.1) is 0 Å². The Balaban J connectivity index is 1.44. The van der Waals surface area contributed by atoms with Crippen LogP contribution in [0.1, 0.15) is 26.2 Å². The lowest BCUT2D eigenvalue weighted by atomic mass is 9.65. The molecule has 0 bridgehead atoms. The number of hydrogen-bond acceptors (Lipinski definition) is 4. The van der Waals surface area contributed by atoms with E-state index in [9.17, 15) is 4.79 Å². The van der Waals surface area contributed by atoms with Crippen LogP contribution in [0.2, 0.25) is 0 Å². The van der Waals surface area contributed by atoms with Crippen molar-refractivity contribution in [2.24, 2.45) is 0 Å². The zero-order chi connectivity index (χ0) is 17.7. The summed E-state index contributed by atoms with van der Waals surface area (Å²) in [5.41, 5.74) is 2.68. The molecule has 0 saturated carbocycles. The molecular weight excluding hydrogens is 326 g/mol. The minimum Gasteiger partial charge on any atom is -0.481 e. The Morgan fingerprint density at radius 1 is 1.31 bits per heavy atom. The van der Waals surface area contributed by atoms with Crippen molar-refractivity contribution in [2.45, 2.75) is 43.9 Å². The first-order chi connectivity index (χ1) is 12.7. The Kier molecular flexibility index (Phi) is 3.48. The average molecular weight is 347 g/mol. The van der Waals surface area contributed by atoms with Gasteiger partial charge in [0.15, 0.2) is 5.60 Å². The molecule has 4 heteroatoms. The first kappa shape index (κ1) is 15.7. The van der Waals surface area contributed by atoms with Gasteiger partial charge in [-0.1, -0.05) is 36.5 Å². The molecule has 1 aromatic carbocycles. The van der Waals surface area contributed by atoms with E-state index in [0.29, 0.717) is 6.61 Å². The molecule has 0 N–H and O–H groups in total. The number of hydrogen-bond donors (Lipinski definition) is 0. The third kappa shape index (κ3) is 2.04. The van der Waals surface area contributed by atoms with Crippen LogP contribution < -0.4 is 4.74 Å². The number of nitrogens with zero attached hydrogens (tertiary/aromatic N) is 1. The van der Waals surface area contributed by atoms with Crippen LogP contribution in [0.15, 0.2) is 53.1 Å². The van der Waals surface area contributed by atoms with Crippen molar-refractivity contribution in [3.8, 4) is 17.6 Å². The van der Waals surface area contributed by atoms with Crippen LogP contribution in [0, 0.1) is 11.8 Å². The fourth-order valence-corrected chi connectivity index (χ4v) is 5.06. The second kappa shape index (κ2) is 5.75. The minimum atomic E-state index is -0.513. The molecule has 3 aliphatic heterocycles. The molecule has 4 aliphatic rings. The molecule has 1 aromatic rings. The third-order valence-corrected chi connectivity index (χ3v) is 6.06. The average Bonchev–Trinajstić information content (AvgIpc) is 3.06. The van der Waals surface area contributed by atoms with Crippen molar-refractivity contribution >= 4 is 5.97 Å². The van der Waals surface area contributed by atoms with Crippen molar-refractivity contribution < 1.29 is 14.3 Å². The molecule has 26 heavy (non-hydrogen) atoms. The quantitative estimate of drug-likeness (QED) is 0.609. The molecule has 1 aliphatic carbocycles. The predicted molar refractivity (Wildman–Crippen MR) is 97.5 cm³/mol. The summed E-state index contributed by atoms with van der Waals surface area (Å²) in [5.74, 6) is 6.97. The maximum Gasteiger partial charge on any atom is 0.332 e. The molecule has 1 spiro atoms. The first-order valence-corrected chi connectivity index (χ1v) is 9.34. The largest absolute Gasteiger partial charge is 0.481 e. The fourth-order valence-electron chi connectivity index (χ4n) is 5.06. The zero-order valence-electron chi connectivity index (χ0n) is 14.8. The monoisotopic (exact) mass is 347 g/mol. The Morgan fingerprint density at radius 2 is 2.15 bits per heavy atom. The SMILES string of the molecule is C[C@H]1C2=C(C#CCOc3ccccc3)C3=CC(=O)O[C@]32C2CCCCN21. The number of rotatable bonds is 2. The lowest BCUT2D eigenvalue weighted by Crippen LogP contribution is -2.52. The van der Waals surface area contributed by atoms with Gasteiger partial charge in [0, 0.05) is 28.8 Å². The summed E-state index contributed by atoms with van der Waals surface area (Å²) in [4.78, 5) is 14.6. The summed E-state index contributed by atoms with van der Waals surface area (Å²) in [5, 5.41) is 0. The van der Waals surface area contributed by atoms with Crippen LogP contribution in [0.5, 0.6) is 5.75 Å². The van der Waals surface area contributed by atoms with Crippen molar-refractivity contribution in [2.75, 3.05) is 13.2 Å². The normalized spacial score (nSPS) is 31.7. The summed E-state index contributed by atoms with van der Waals surface area (Å²) < 4.78 is 11.6. The van der Waals surface area contributed by atoms with Gasteiger partial charge in [-0.3, -0.25) is 4.90 Å². The highest BCUT2D eigenvalue weighted by molar-refractivity contribution is 5.94. The number of piperidine rings is 1. The van der Waals surface area contributed by atoms with Crippen molar-refractivity contribution in [3.05, 3.63) is 53.1 Å². The summed E-state index contributed by atoms with van der Waals surface area (Å²) in [6, 6.07) is 10.2. The summed E-state index contributed by atoms with van der Waals surface area (Å²) in [6.07, 6.45) is 5.13. The molecular formula is C22H21NO3. The van der Waals surface area contributed by atoms with Crippen LogP contribution >= 0.6 is 0 Å². The van der Waals surface area contributed by atoms with Gasteiger partial charge in [0.1, 0.15) is 12.4 Å². The van der Waals surface area contributed by atoms with E-state index in [-0.39, 0.29) is 18.1 Å². The van der Waals surface area contributed by atoms with Crippen LogP contribution in [0.25, 0.3) is 0 Å². The van der Waals surface area contributed by atoms with Gasteiger partial charge in [-0.25, -0.2) is 4.79 Å². The second-order valence-corrected chi connectivity index (χ2v) is 7.33. The highest BCUT2D eigenvalue weighted by Gasteiger charge is 2.68. The predicted octanol–water partition coefficient (Wildman–Crippen LogP) is 2.86. The van der Waals surface area contributed by atoms with Gasteiger partial charge in [-0.2, -0.15) is 0 Å². The first-order valence-electron chi connectivity index (χ1n) is 9.34. The maximum atomic E-state index is 12.1. The number of carbonyl (C=O) groups is 1. The van der Waals surface area contributed by atoms with Crippen molar-refractivity contribution in [1.29, 1.82) is 0 Å². The molecule has 4 nitrogen and oxygen atoms in total. The highest BCUT2D eigenvalue weighted by atomic mass is 16.6. The van der Waals surface area contributed by atoms with Crippen LogP contribution in [-0.2, 0) is 9.53 Å². The highest BCUT2D eigenvalue weighted by Crippen LogP contribution is 2.60. The number of carbonyl (C=O) groups excluding carboxylic acids is 1. The number of benzene rings is 1. The Bertz CT molecular complexity index is 889. The minimum absolute atomic E-state index is 0.227. The van der Waals surface area contributed by atoms with E-state index in [0.717, 1.165) is 29.9 Å². The van der Waals surface area contributed by atoms with Gasteiger partial charge in [0.2, 0.25) is 0 Å². The van der Waals surface area contributed by atoms with Crippen LogP contribution in [-0.4, -0.2) is 41.7 Å². The Morgan fingerprint density at radius 3 is 3.00 bits per heavy atom. The van der Waals surface area contributed by atoms with E-state index < -0.39 is 5.60 Å².